The molecule has 32 heavy (non-hydrogen) atoms. The maximum absolute atomic E-state index is 4.89. The maximum Gasteiger partial charge on any atom is 0.0586 e. The van der Waals surface area contributed by atoms with E-state index < -0.39 is 10.0 Å². The summed E-state index contributed by atoms with van der Waals surface area (Å²) in [5.41, 5.74) is 3.92. The molecule has 0 aromatic heterocycles. The van der Waals surface area contributed by atoms with Gasteiger partial charge in [0.1, 0.15) is 0 Å². The minimum atomic E-state index is -1.33. The van der Waals surface area contributed by atoms with Gasteiger partial charge in [0, 0.05) is 45.3 Å². The molecule has 1 fully saturated rings. The van der Waals surface area contributed by atoms with E-state index in [0.717, 1.165) is 19.5 Å². The number of fused-ring (bicyclic) bond motifs is 9. The van der Waals surface area contributed by atoms with Crippen molar-refractivity contribution in [2.45, 2.75) is 33.1 Å². The molecule has 4 aliphatic heterocycles. The monoisotopic (exact) mass is 437 g/mol. The van der Waals surface area contributed by atoms with Crippen LogP contribution in [0.25, 0.3) is 0 Å². The predicted molar refractivity (Wildman–Crippen MR) is 136 cm³/mol. The van der Waals surface area contributed by atoms with E-state index in [1.165, 1.54) is 33.3 Å². The summed E-state index contributed by atoms with van der Waals surface area (Å²) in [6.07, 6.45) is 6.92. The molecule has 0 amide bonds. The van der Waals surface area contributed by atoms with E-state index in [-0.39, 0.29) is 0 Å². The van der Waals surface area contributed by atoms with Gasteiger partial charge >= 0.3 is 0 Å². The lowest BCUT2D eigenvalue weighted by atomic mass is 9.81. The molecule has 160 valence electrons. The van der Waals surface area contributed by atoms with E-state index in [4.69, 9.17) is 9.98 Å². The Kier molecular flexibility index (Phi) is 4.13. The summed E-state index contributed by atoms with van der Waals surface area (Å²) in [7, 11) is -1.33. The second kappa shape index (κ2) is 7.08. The highest BCUT2D eigenvalue weighted by atomic mass is 32.3. The smallest absolute Gasteiger partial charge is 0.0586 e. The average Bonchev–Trinajstić information content (AvgIpc) is 3.16. The van der Waals surface area contributed by atoms with Gasteiger partial charge < -0.3 is 4.90 Å². The zero-order valence-corrected chi connectivity index (χ0v) is 18.9. The molecule has 0 radical (unpaired) electrons. The van der Waals surface area contributed by atoms with Crippen molar-refractivity contribution in [1.82, 2.24) is 0 Å². The molecule has 3 nitrogen and oxygen atoms in total. The molecular weight excluding hydrogens is 410 g/mol. The number of benzene rings is 3. The first-order valence-electron chi connectivity index (χ1n) is 11.7. The van der Waals surface area contributed by atoms with Crippen LogP contribution in [0.1, 0.15) is 12.8 Å². The van der Waals surface area contributed by atoms with Crippen molar-refractivity contribution in [3.8, 4) is 0 Å². The summed E-state index contributed by atoms with van der Waals surface area (Å²) < 4.78 is 0. The fourth-order valence-electron chi connectivity index (χ4n) is 6.79. The number of nitrogens with zero attached hydrogens (tertiary/aromatic N) is 3. The van der Waals surface area contributed by atoms with Crippen LogP contribution in [0, 0.1) is 11.8 Å². The van der Waals surface area contributed by atoms with Gasteiger partial charge in [0.05, 0.1) is 11.4 Å². The number of hydrogen-bond donors (Lipinski definition) is 0. The lowest BCUT2D eigenvalue weighted by Gasteiger charge is -2.53. The molecule has 7 rings (SSSR count). The maximum atomic E-state index is 4.89. The largest absolute Gasteiger partial charge is 0.308 e. The Labute approximate surface area is 191 Å². The highest BCUT2D eigenvalue weighted by molar-refractivity contribution is 8.35. The average molecular weight is 438 g/mol. The number of aliphatic imine (C=N–C) groups is 2. The van der Waals surface area contributed by atoms with Crippen molar-refractivity contribution in [2.24, 2.45) is 21.8 Å². The first-order chi connectivity index (χ1) is 15.9. The van der Waals surface area contributed by atoms with Gasteiger partial charge in [-0.25, -0.2) is 0 Å². The van der Waals surface area contributed by atoms with Crippen LogP contribution in [-0.4, -0.2) is 36.0 Å². The molecule has 4 unspecified atom stereocenters. The molecule has 4 aliphatic rings. The Hall–Kier alpha value is -2.85. The van der Waals surface area contributed by atoms with Crippen LogP contribution in [0.5, 0.6) is 0 Å². The topological polar surface area (TPSA) is 28.0 Å². The Morgan fingerprint density at radius 3 is 2.19 bits per heavy atom. The standard InChI is InChI=1S/C28H27N3S/c1-2-8-20(9-3-1)31-23-10-4-6-12-25(23)32(26-13-7-5-11-24(26)31)27-18-29-16-14-21(27)22-15-17-30-19-28(22)32/h1-13,16,19,21-22,27-28H,14-15,17-18H2. The van der Waals surface area contributed by atoms with Crippen LogP contribution in [-0.2, 0) is 0 Å². The molecular formula is C28H27N3S. The van der Waals surface area contributed by atoms with Gasteiger partial charge in [-0.05, 0) is 67.3 Å². The van der Waals surface area contributed by atoms with E-state index in [0.29, 0.717) is 22.3 Å². The van der Waals surface area contributed by atoms with E-state index in [1.54, 1.807) is 0 Å². The summed E-state index contributed by atoms with van der Waals surface area (Å²) in [5, 5.41) is 1.10. The summed E-state index contributed by atoms with van der Waals surface area (Å²) in [6, 6.07) is 29.3. The fourth-order valence-corrected chi connectivity index (χ4v) is 12.6. The van der Waals surface area contributed by atoms with Gasteiger partial charge in [0.2, 0.25) is 0 Å². The van der Waals surface area contributed by atoms with E-state index >= 15 is 0 Å². The third-order valence-corrected chi connectivity index (χ3v) is 12.9. The molecule has 0 saturated carbocycles. The van der Waals surface area contributed by atoms with Gasteiger partial charge in [-0.2, -0.15) is 10.0 Å². The van der Waals surface area contributed by atoms with E-state index in [2.05, 4.69) is 96.2 Å². The molecule has 1 spiro atoms. The number of para-hydroxylation sites is 3. The van der Waals surface area contributed by atoms with Crippen molar-refractivity contribution in [1.29, 1.82) is 0 Å². The van der Waals surface area contributed by atoms with Crippen LogP contribution < -0.4 is 4.90 Å². The zero-order chi connectivity index (χ0) is 21.1. The molecule has 0 bridgehead atoms. The van der Waals surface area contributed by atoms with Gasteiger partial charge in [0.25, 0.3) is 0 Å². The van der Waals surface area contributed by atoms with Gasteiger partial charge in [-0.3, -0.25) is 9.98 Å². The minimum Gasteiger partial charge on any atom is -0.308 e. The first-order valence-corrected chi connectivity index (χ1v) is 13.5. The summed E-state index contributed by atoms with van der Waals surface area (Å²) in [6.45, 7) is 1.94. The third-order valence-electron chi connectivity index (χ3n) is 7.95. The quantitative estimate of drug-likeness (QED) is 0.420. The first kappa shape index (κ1) is 18.7. The molecule has 0 N–H and O–H groups in total. The summed E-state index contributed by atoms with van der Waals surface area (Å²) >= 11 is 0. The third kappa shape index (κ3) is 2.34. The second-order valence-electron chi connectivity index (χ2n) is 9.27. The molecule has 4 heterocycles. The normalized spacial score (nSPS) is 29.7. The molecule has 0 aliphatic carbocycles. The molecule has 4 heteroatoms. The van der Waals surface area contributed by atoms with Crippen molar-refractivity contribution in [3.63, 3.8) is 0 Å². The SMILES string of the molecule is C1=NCCC2C3CC=NCC3S3(c4ccccc4N(c4ccccc4)c4ccccc43)C12. The molecule has 3 aromatic carbocycles. The van der Waals surface area contributed by atoms with Crippen LogP contribution in [0.2, 0.25) is 0 Å². The predicted octanol–water partition coefficient (Wildman–Crippen LogP) is 6.62. The van der Waals surface area contributed by atoms with Crippen molar-refractivity contribution >= 4 is 39.5 Å². The lowest BCUT2D eigenvalue weighted by Crippen LogP contribution is -2.33. The summed E-state index contributed by atoms with van der Waals surface area (Å²) in [5.74, 6) is 1.42. The molecule has 4 atom stereocenters. The molecule has 1 saturated heterocycles. The van der Waals surface area contributed by atoms with Crippen LogP contribution in [0.4, 0.5) is 17.1 Å². The van der Waals surface area contributed by atoms with E-state index in [1.807, 2.05) is 0 Å². The number of hydrogen-bond acceptors (Lipinski definition) is 3. The van der Waals surface area contributed by atoms with Crippen molar-refractivity contribution < 1.29 is 0 Å². The Balaban J connectivity index is 1.57. The van der Waals surface area contributed by atoms with Crippen molar-refractivity contribution in [2.75, 3.05) is 18.0 Å². The van der Waals surface area contributed by atoms with E-state index in [9.17, 15) is 0 Å². The Morgan fingerprint density at radius 1 is 0.750 bits per heavy atom. The minimum absolute atomic E-state index is 0.508. The highest BCUT2D eigenvalue weighted by Gasteiger charge is 2.60. The summed E-state index contributed by atoms with van der Waals surface area (Å²) in [4.78, 5) is 15.3. The van der Waals surface area contributed by atoms with Gasteiger partial charge in [-0.15, -0.1) is 0 Å². The zero-order valence-electron chi connectivity index (χ0n) is 18.0. The second-order valence-corrected chi connectivity index (χ2v) is 12.7. The van der Waals surface area contributed by atoms with Gasteiger partial charge in [0.15, 0.2) is 0 Å². The van der Waals surface area contributed by atoms with Crippen LogP contribution in [0.15, 0.2) is 98.6 Å². The number of rotatable bonds is 1. The fraction of sp³-hybridized carbons (Fsp3) is 0.286. The van der Waals surface area contributed by atoms with Crippen LogP contribution in [0.3, 0.4) is 0 Å². The highest BCUT2D eigenvalue weighted by Crippen LogP contribution is 2.82. The lowest BCUT2D eigenvalue weighted by molar-refractivity contribution is 0.345. The Bertz CT molecular complexity index is 1190. The Morgan fingerprint density at radius 2 is 1.44 bits per heavy atom. The van der Waals surface area contributed by atoms with Gasteiger partial charge in [-0.1, -0.05) is 42.5 Å². The van der Waals surface area contributed by atoms with Crippen molar-refractivity contribution in [3.05, 3.63) is 78.9 Å². The number of anilines is 3. The molecule has 3 aromatic rings. The van der Waals surface area contributed by atoms with Crippen LogP contribution >= 0.6 is 10.0 Å².